The average Bonchev–Trinajstić information content (AvgIpc) is 2.27. The van der Waals surface area contributed by atoms with E-state index < -0.39 is 38.5 Å². The van der Waals surface area contributed by atoms with Crippen LogP contribution >= 0.6 is 7.82 Å². The molecule has 0 saturated carbocycles. The first-order chi connectivity index (χ1) is 6.57. The number of hydrogen-bond donors (Lipinski definition) is 3. The fourth-order valence-electron chi connectivity index (χ4n) is 1.21. The lowest BCUT2D eigenvalue weighted by Crippen LogP contribution is -2.51. The highest BCUT2D eigenvalue weighted by Crippen LogP contribution is 2.35. The Kier molecular flexibility index (Phi) is 3.26. The topological polar surface area (TPSA) is 142 Å². The Bertz CT molecular complexity index is 285. The van der Waals surface area contributed by atoms with Gasteiger partial charge in [0.15, 0.2) is 0 Å². The van der Waals surface area contributed by atoms with Gasteiger partial charge < -0.3 is 38.9 Å². The molecule has 0 bridgehead atoms. The predicted octanol–water partition coefficient (Wildman–Crippen LogP) is -3.34. The maximum absolute atomic E-state index is 10.1. The van der Waals surface area contributed by atoms with Crippen molar-refractivity contribution in [3.8, 4) is 0 Å². The molecule has 1 heterocycles. The lowest BCUT2D eigenvalue weighted by atomic mass is 9.97. The molecule has 1 aliphatic rings. The van der Waals surface area contributed by atoms with E-state index in [-0.39, 0.29) is 0 Å². The van der Waals surface area contributed by atoms with Crippen LogP contribution in [0.15, 0.2) is 0 Å². The number of phosphoric acid groups is 1. The highest BCUT2D eigenvalue weighted by Gasteiger charge is 2.54. The van der Waals surface area contributed by atoms with Crippen LogP contribution in [0.1, 0.15) is 6.92 Å². The zero-order valence-electron chi connectivity index (χ0n) is 7.82. The fourth-order valence-corrected chi connectivity index (χ4v) is 1.55. The third kappa shape index (κ3) is 2.96. The van der Waals surface area contributed by atoms with Gasteiger partial charge in [-0.25, -0.2) is 0 Å². The number of aliphatic hydroxyl groups excluding tert-OH is 1. The van der Waals surface area contributed by atoms with Crippen molar-refractivity contribution in [2.75, 3.05) is 13.2 Å². The molecule has 1 aliphatic heterocycles. The first kappa shape index (κ1) is 13.0. The van der Waals surface area contributed by atoms with Crippen molar-refractivity contribution in [2.24, 2.45) is 0 Å². The highest BCUT2D eigenvalue weighted by atomic mass is 31.2. The van der Waals surface area contributed by atoms with Gasteiger partial charge in [-0.05, 0) is 6.92 Å². The summed E-state index contributed by atoms with van der Waals surface area (Å²) in [6, 6.07) is 0. The van der Waals surface area contributed by atoms with Crippen molar-refractivity contribution >= 4 is 7.82 Å². The molecule has 0 aliphatic carbocycles. The smallest absolute Gasteiger partial charge is 0.219 e. The fraction of sp³-hybridized carbons (Fsp3) is 1.00. The summed E-state index contributed by atoms with van der Waals surface area (Å²) >= 11 is 0. The molecule has 0 spiro atoms. The molecule has 9 heteroatoms. The van der Waals surface area contributed by atoms with E-state index in [2.05, 4.69) is 9.26 Å². The third-order valence-electron chi connectivity index (χ3n) is 2.06. The standard InChI is InChI=1S/C6H13O8P/c1-5(8)2-13-6(9,4(5)7)3-14-15(10,11)12/h4,7-9H,2-3H2,1H3,(H2,10,11,12)/p-2/t4-,5+,6+/m1/s1. The van der Waals surface area contributed by atoms with Gasteiger partial charge in [-0.2, -0.15) is 0 Å². The Morgan fingerprint density at radius 3 is 2.47 bits per heavy atom. The molecule has 90 valence electrons. The van der Waals surface area contributed by atoms with Crippen LogP contribution in [0.2, 0.25) is 0 Å². The first-order valence-corrected chi connectivity index (χ1v) is 5.46. The molecule has 0 amide bonds. The molecular formula is C6H11O8P-2. The molecule has 15 heavy (non-hydrogen) atoms. The summed E-state index contributed by atoms with van der Waals surface area (Å²) in [7, 11) is -5.26. The van der Waals surface area contributed by atoms with E-state index in [1.807, 2.05) is 0 Å². The summed E-state index contributed by atoms with van der Waals surface area (Å²) in [4.78, 5) is 20.3. The lowest BCUT2D eigenvalue weighted by Gasteiger charge is -2.34. The van der Waals surface area contributed by atoms with E-state index in [0.29, 0.717) is 0 Å². The van der Waals surface area contributed by atoms with E-state index in [1.54, 1.807) is 0 Å². The Hall–Kier alpha value is -0.0500. The third-order valence-corrected chi connectivity index (χ3v) is 2.51. The molecule has 0 aromatic heterocycles. The number of phosphoric ester groups is 1. The van der Waals surface area contributed by atoms with Gasteiger partial charge in [0.25, 0.3) is 0 Å². The van der Waals surface area contributed by atoms with Crippen LogP contribution in [0.5, 0.6) is 0 Å². The number of hydrogen-bond acceptors (Lipinski definition) is 8. The molecule has 0 radical (unpaired) electrons. The second-order valence-corrected chi connectivity index (χ2v) is 4.77. The number of ether oxygens (including phenoxy) is 1. The van der Waals surface area contributed by atoms with Crippen molar-refractivity contribution < 1.29 is 38.9 Å². The van der Waals surface area contributed by atoms with Crippen LogP contribution in [0.3, 0.4) is 0 Å². The Morgan fingerprint density at radius 1 is 1.60 bits per heavy atom. The molecule has 3 N–H and O–H groups in total. The normalized spacial score (nSPS) is 42.1. The summed E-state index contributed by atoms with van der Waals surface area (Å²) in [5.41, 5.74) is -1.73. The number of rotatable bonds is 3. The molecule has 0 aromatic carbocycles. The second kappa shape index (κ2) is 3.76. The zero-order chi connectivity index (χ0) is 11.9. The molecule has 3 atom stereocenters. The van der Waals surface area contributed by atoms with Crippen molar-refractivity contribution in [1.82, 2.24) is 0 Å². The number of aliphatic hydroxyl groups is 3. The van der Waals surface area contributed by atoms with Gasteiger partial charge in [-0.15, -0.1) is 0 Å². The van der Waals surface area contributed by atoms with Gasteiger partial charge >= 0.3 is 0 Å². The van der Waals surface area contributed by atoms with Crippen LogP contribution in [0.4, 0.5) is 0 Å². The summed E-state index contributed by atoms with van der Waals surface area (Å²) in [5.74, 6) is -2.39. The molecule has 0 unspecified atom stereocenters. The first-order valence-electron chi connectivity index (χ1n) is 4.00. The molecule has 1 fully saturated rings. The van der Waals surface area contributed by atoms with Gasteiger partial charge in [0.05, 0.1) is 14.4 Å². The summed E-state index contributed by atoms with van der Waals surface area (Å²) < 4.78 is 18.5. The quantitative estimate of drug-likeness (QED) is 0.436. The van der Waals surface area contributed by atoms with E-state index in [1.165, 1.54) is 6.92 Å². The van der Waals surface area contributed by atoms with Gasteiger partial charge in [-0.3, -0.25) is 0 Å². The maximum atomic E-state index is 10.1. The molecule has 1 saturated heterocycles. The summed E-state index contributed by atoms with van der Waals surface area (Å²) in [6.45, 7) is -0.283. The van der Waals surface area contributed by atoms with Crippen molar-refractivity contribution in [1.29, 1.82) is 0 Å². The lowest BCUT2D eigenvalue weighted by molar-refractivity contribution is -0.349. The van der Waals surface area contributed by atoms with Crippen LogP contribution in [-0.4, -0.2) is 46.0 Å². The van der Waals surface area contributed by atoms with E-state index >= 15 is 0 Å². The van der Waals surface area contributed by atoms with E-state index in [9.17, 15) is 29.7 Å². The minimum atomic E-state index is -5.26. The van der Waals surface area contributed by atoms with Gasteiger partial charge in [0, 0.05) is 0 Å². The van der Waals surface area contributed by atoms with E-state index in [0.717, 1.165) is 0 Å². The van der Waals surface area contributed by atoms with Crippen LogP contribution in [0.25, 0.3) is 0 Å². The predicted molar refractivity (Wildman–Crippen MR) is 41.1 cm³/mol. The van der Waals surface area contributed by atoms with Gasteiger partial charge in [0.2, 0.25) is 5.79 Å². The Morgan fingerprint density at radius 2 is 2.13 bits per heavy atom. The van der Waals surface area contributed by atoms with E-state index in [4.69, 9.17) is 0 Å². The maximum Gasteiger partial charge on any atom is 0.219 e. The summed E-state index contributed by atoms with van der Waals surface area (Å²) in [6.07, 6.45) is -1.77. The molecule has 8 nitrogen and oxygen atoms in total. The highest BCUT2D eigenvalue weighted by molar-refractivity contribution is 7.43. The molecular weight excluding hydrogens is 231 g/mol. The Labute approximate surface area is 85.3 Å². The molecule has 1 rings (SSSR count). The zero-order valence-corrected chi connectivity index (χ0v) is 8.72. The molecule has 0 aromatic rings. The largest absolute Gasteiger partial charge is 0.790 e. The van der Waals surface area contributed by atoms with Crippen molar-refractivity contribution in [2.45, 2.75) is 24.4 Å². The van der Waals surface area contributed by atoms with Crippen molar-refractivity contribution in [3.05, 3.63) is 0 Å². The SMILES string of the molecule is C[C@]1(O)CO[C@@](O)(COP(=O)([O-])[O-])[C@@H]1O. The Balaban J connectivity index is 2.66. The van der Waals surface area contributed by atoms with Crippen molar-refractivity contribution in [3.63, 3.8) is 0 Å². The minimum absolute atomic E-state index is 0.407. The average molecular weight is 242 g/mol. The van der Waals surface area contributed by atoms with Crippen LogP contribution in [0, 0.1) is 0 Å². The monoisotopic (exact) mass is 242 g/mol. The van der Waals surface area contributed by atoms with Gasteiger partial charge in [0.1, 0.15) is 18.3 Å². The van der Waals surface area contributed by atoms with Crippen LogP contribution < -0.4 is 9.79 Å². The van der Waals surface area contributed by atoms with Crippen LogP contribution in [-0.2, 0) is 13.8 Å². The summed E-state index contributed by atoms with van der Waals surface area (Å²) in [5, 5.41) is 28.3. The van der Waals surface area contributed by atoms with Gasteiger partial charge in [-0.1, -0.05) is 0 Å². The second-order valence-electron chi connectivity index (χ2n) is 3.61. The minimum Gasteiger partial charge on any atom is -0.790 e.